The molecular weight excluding hydrogens is 276 g/mol. The number of nitrogens with zero attached hydrogens (tertiary/aromatic N) is 1. The zero-order valence-corrected chi connectivity index (χ0v) is 12.5. The second-order valence-corrected chi connectivity index (χ2v) is 4.87. The van der Waals surface area contributed by atoms with Crippen molar-refractivity contribution in [1.29, 1.82) is 0 Å². The van der Waals surface area contributed by atoms with Crippen LogP contribution in [0.5, 0.6) is 0 Å². The van der Waals surface area contributed by atoms with E-state index in [4.69, 9.17) is 18.2 Å². The molecule has 0 bridgehead atoms. The van der Waals surface area contributed by atoms with Crippen LogP contribution in [0.25, 0.3) is 0 Å². The van der Waals surface area contributed by atoms with Gasteiger partial charge in [-0.05, 0) is 31.9 Å². The molecule has 106 valence electrons. The number of nitrogens with one attached hydrogen (secondary N) is 1. The first-order valence-electron chi connectivity index (χ1n) is 6.13. The van der Waals surface area contributed by atoms with Gasteiger partial charge in [0.2, 0.25) is 5.91 Å². The molecule has 1 aromatic carbocycles. The minimum atomic E-state index is -0.273. The molecule has 0 aliphatic carbocycles. The fourth-order valence-electron chi connectivity index (χ4n) is 2.00. The molecule has 20 heavy (non-hydrogen) atoms. The molecule has 0 aliphatic heterocycles. The van der Waals surface area contributed by atoms with Crippen LogP contribution in [0.4, 0.5) is 5.69 Å². The van der Waals surface area contributed by atoms with E-state index in [0.29, 0.717) is 11.3 Å². The lowest BCUT2D eigenvalue weighted by Gasteiger charge is -2.21. The fraction of sp³-hybridized carbons (Fsp3) is 0.333. The molecule has 1 rings (SSSR count). The van der Waals surface area contributed by atoms with E-state index >= 15 is 0 Å². The summed E-state index contributed by atoms with van der Waals surface area (Å²) in [6, 6.07) is 3.58. The van der Waals surface area contributed by atoms with Gasteiger partial charge in [0.25, 0.3) is 0 Å². The van der Waals surface area contributed by atoms with E-state index in [0.717, 1.165) is 11.1 Å². The first-order chi connectivity index (χ1) is 9.38. The number of aryl methyl sites for hydroxylation is 1. The molecule has 0 spiro atoms. The highest BCUT2D eigenvalue weighted by molar-refractivity contribution is 6.27. The molecule has 0 aliphatic rings. The maximum absolute atomic E-state index is 11.6. The van der Waals surface area contributed by atoms with Gasteiger partial charge in [-0.1, -0.05) is 18.1 Å². The summed E-state index contributed by atoms with van der Waals surface area (Å²) in [7, 11) is 0. The molecule has 0 heterocycles. The Hall–Kier alpha value is -1.99. The van der Waals surface area contributed by atoms with Gasteiger partial charge in [-0.15, -0.1) is 6.42 Å². The average Bonchev–Trinajstić information content (AvgIpc) is 2.35. The maximum atomic E-state index is 11.6. The molecule has 5 heteroatoms. The zero-order chi connectivity index (χ0) is 15.3. The third-order valence-corrected chi connectivity index (χ3v) is 3.21. The number of anilines is 1. The second kappa shape index (κ2) is 6.97. The predicted molar refractivity (Wildman–Crippen MR) is 81.0 cm³/mol. The van der Waals surface area contributed by atoms with Crippen molar-refractivity contribution in [2.45, 2.75) is 20.8 Å². The molecular formula is C15H17ClN2O2. The van der Waals surface area contributed by atoms with Crippen LogP contribution in [-0.4, -0.2) is 24.8 Å². The normalized spacial score (nSPS) is 9.75. The van der Waals surface area contributed by atoms with Crippen LogP contribution in [-0.2, 0) is 4.79 Å². The summed E-state index contributed by atoms with van der Waals surface area (Å²) in [5, 5.41) is 2.54. The van der Waals surface area contributed by atoms with E-state index in [1.165, 1.54) is 11.3 Å². The first kappa shape index (κ1) is 16.1. The summed E-state index contributed by atoms with van der Waals surface area (Å²) in [6.07, 6.45) is 5.07. The van der Waals surface area contributed by atoms with Crippen LogP contribution in [0.15, 0.2) is 12.1 Å². The predicted octanol–water partition coefficient (Wildman–Crippen LogP) is 2.22. The topological polar surface area (TPSA) is 49.4 Å². The molecule has 0 fully saturated rings. The highest BCUT2D eigenvalue weighted by Crippen LogP contribution is 2.29. The summed E-state index contributed by atoms with van der Waals surface area (Å²) >= 11 is 6.18. The highest BCUT2D eigenvalue weighted by Gasteiger charge is 2.17. The Morgan fingerprint density at radius 3 is 2.60 bits per heavy atom. The van der Waals surface area contributed by atoms with Crippen molar-refractivity contribution in [1.82, 2.24) is 5.32 Å². The Bertz CT molecular complexity index is 576. The van der Waals surface area contributed by atoms with Crippen LogP contribution >= 0.6 is 11.8 Å². The van der Waals surface area contributed by atoms with Gasteiger partial charge >= 0.3 is 0 Å². The number of Topliss-reactive ketones (excluding diaryl/α,β-unsaturated/α-hetero) is 1. The van der Waals surface area contributed by atoms with Crippen LogP contribution in [0, 0.1) is 26.2 Å². The Labute approximate surface area is 124 Å². The lowest BCUT2D eigenvalue weighted by atomic mass is 10.00. The lowest BCUT2D eigenvalue weighted by Crippen LogP contribution is -2.33. The molecule has 1 N–H and O–H groups in total. The van der Waals surface area contributed by atoms with E-state index in [2.05, 4.69) is 11.2 Å². The van der Waals surface area contributed by atoms with E-state index in [9.17, 15) is 9.59 Å². The molecule has 1 aromatic rings. The molecule has 0 saturated carbocycles. The van der Waals surface area contributed by atoms with Crippen molar-refractivity contribution in [3.05, 3.63) is 28.8 Å². The van der Waals surface area contributed by atoms with Crippen molar-refractivity contribution >= 4 is 29.2 Å². The Kier molecular flexibility index (Phi) is 5.60. The quantitative estimate of drug-likeness (QED) is 0.514. The van der Waals surface area contributed by atoms with Gasteiger partial charge in [0.1, 0.15) is 6.54 Å². The molecule has 0 unspecified atom stereocenters. The fourth-order valence-corrected chi connectivity index (χ4v) is 2.37. The van der Waals surface area contributed by atoms with Crippen molar-refractivity contribution in [3.8, 4) is 12.3 Å². The SMILES string of the molecule is C#CCNC(=O)CN(Cl)c1c(C)ccc(C(C)=O)c1C. The van der Waals surface area contributed by atoms with E-state index in [-0.39, 0.29) is 24.8 Å². The number of terminal acetylenes is 1. The summed E-state index contributed by atoms with van der Waals surface area (Å²) in [6.45, 7) is 5.32. The van der Waals surface area contributed by atoms with E-state index < -0.39 is 0 Å². The van der Waals surface area contributed by atoms with Crippen LogP contribution < -0.4 is 9.74 Å². The Balaban J connectivity index is 3.01. The Morgan fingerprint density at radius 2 is 2.05 bits per heavy atom. The van der Waals surface area contributed by atoms with E-state index in [1.807, 2.05) is 19.9 Å². The van der Waals surface area contributed by atoms with Gasteiger partial charge in [-0.3, -0.25) is 14.0 Å². The minimum Gasteiger partial charge on any atom is -0.344 e. The first-order valence-corrected chi connectivity index (χ1v) is 6.47. The smallest absolute Gasteiger partial charge is 0.241 e. The van der Waals surface area contributed by atoms with Gasteiger partial charge in [0, 0.05) is 17.3 Å². The number of carbonyl (C=O) groups excluding carboxylic acids is 2. The average molecular weight is 293 g/mol. The number of hydrogen-bond donors (Lipinski definition) is 1. The van der Waals surface area contributed by atoms with Crippen molar-refractivity contribution < 1.29 is 9.59 Å². The maximum Gasteiger partial charge on any atom is 0.241 e. The van der Waals surface area contributed by atoms with Gasteiger partial charge in [-0.25, -0.2) is 0 Å². The minimum absolute atomic E-state index is 0.0354. The van der Waals surface area contributed by atoms with Crippen LogP contribution in [0.1, 0.15) is 28.4 Å². The number of amides is 1. The molecule has 0 radical (unpaired) electrons. The zero-order valence-electron chi connectivity index (χ0n) is 11.8. The largest absolute Gasteiger partial charge is 0.344 e. The number of rotatable bonds is 5. The third kappa shape index (κ3) is 3.75. The number of carbonyl (C=O) groups is 2. The summed E-state index contributed by atoms with van der Waals surface area (Å²) < 4.78 is 1.31. The number of benzene rings is 1. The number of halogens is 1. The highest BCUT2D eigenvalue weighted by atomic mass is 35.5. The third-order valence-electron chi connectivity index (χ3n) is 2.92. The van der Waals surface area contributed by atoms with Crippen LogP contribution in [0.3, 0.4) is 0 Å². The summed E-state index contributed by atoms with van der Waals surface area (Å²) in [5.74, 6) is 2.01. The van der Waals surface area contributed by atoms with Crippen molar-refractivity contribution in [2.75, 3.05) is 17.5 Å². The summed E-state index contributed by atoms with van der Waals surface area (Å²) in [5.41, 5.74) is 2.93. The van der Waals surface area contributed by atoms with Crippen molar-refractivity contribution in [3.63, 3.8) is 0 Å². The monoisotopic (exact) mass is 292 g/mol. The standard InChI is InChI=1S/C15H17ClN2O2/c1-5-8-17-14(20)9-18(16)15-10(2)6-7-13(11(15)3)12(4)19/h1,6-7H,8-9H2,2-4H3,(H,17,20). The number of hydrogen-bond acceptors (Lipinski definition) is 3. The lowest BCUT2D eigenvalue weighted by molar-refractivity contribution is -0.119. The molecule has 0 atom stereocenters. The molecule has 0 aromatic heterocycles. The van der Waals surface area contributed by atoms with E-state index in [1.54, 1.807) is 6.07 Å². The molecule has 1 amide bonds. The van der Waals surface area contributed by atoms with Gasteiger partial charge in [-0.2, -0.15) is 0 Å². The summed E-state index contributed by atoms with van der Waals surface area (Å²) in [4.78, 5) is 23.2. The molecule has 4 nitrogen and oxygen atoms in total. The van der Waals surface area contributed by atoms with Crippen LogP contribution in [0.2, 0.25) is 0 Å². The van der Waals surface area contributed by atoms with Gasteiger partial charge < -0.3 is 5.32 Å². The number of ketones is 1. The second-order valence-electron chi connectivity index (χ2n) is 4.46. The van der Waals surface area contributed by atoms with Gasteiger partial charge in [0.05, 0.1) is 12.2 Å². The van der Waals surface area contributed by atoms with Gasteiger partial charge in [0.15, 0.2) is 5.78 Å². The Morgan fingerprint density at radius 1 is 1.40 bits per heavy atom. The molecule has 0 saturated heterocycles. The van der Waals surface area contributed by atoms with Crippen molar-refractivity contribution in [2.24, 2.45) is 0 Å².